The van der Waals surface area contributed by atoms with Gasteiger partial charge in [0.2, 0.25) is 11.6 Å². The molecule has 0 saturated heterocycles. The van der Waals surface area contributed by atoms with E-state index in [9.17, 15) is 0 Å². The topological polar surface area (TPSA) is 63.0 Å². The van der Waals surface area contributed by atoms with Crippen LogP contribution in [0.15, 0.2) is 59.0 Å². The van der Waals surface area contributed by atoms with Gasteiger partial charge in [-0.15, -0.1) is 0 Å². The average Bonchev–Trinajstić information content (AvgIpc) is 3.21. The Morgan fingerprint density at radius 2 is 1.60 bits per heavy atom. The fourth-order valence-electron chi connectivity index (χ4n) is 3.46. The van der Waals surface area contributed by atoms with Crippen LogP contribution in [0.3, 0.4) is 0 Å². The SMILES string of the molecule is CCOc1ccccc1-c1nc2ccc(-c3ccc(OC)c(OC)c3OC)cc2o1. The maximum atomic E-state index is 6.09. The molecule has 0 atom stereocenters. The smallest absolute Gasteiger partial charge is 0.231 e. The number of hydrogen-bond acceptors (Lipinski definition) is 6. The fraction of sp³-hybridized carbons (Fsp3) is 0.208. The second kappa shape index (κ2) is 8.37. The summed E-state index contributed by atoms with van der Waals surface area (Å²) in [5.41, 5.74) is 4.04. The lowest BCUT2D eigenvalue weighted by Gasteiger charge is -2.15. The molecule has 0 spiro atoms. The van der Waals surface area contributed by atoms with Gasteiger partial charge in [-0.1, -0.05) is 18.2 Å². The van der Waals surface area contributed by atoms with Gasteiger partial charge in [0, 0.05) is 5.56 Å². The number of nitrogens with zero attached hydrogens (tertiary/aromatic N) is 1. The first kappa shape index (κ1) is 19.6. The normalized spacial score (nSPS) is 10.8. The molecular weight excluding hydrogens is 382 g/mol. The number of ether oxygens (including phenoxy) is 4. The zero-order chi connectivity index (χ0) is 21.1. The first-order valence-corrected chi connectivity index (χ1v) is 9.62. The number of fused-ring (bicyclic) bond motifs is 1. The molecule has 0 fully saturated rings. The van der Waals surface area contributed by atoms with Crippen molar-refractivity contribution in [3.63, 3.8) is 0 Å². The fourth-order valence-corrected chi connectivity index (χ4v) is 3.46. The van der Waals surface area contributed by atoms with Crippen LogP contribution >= 0.6 is 0 Å². The highest BCUT2D eigenvalue weighted by Gasteiger charge is 2.19. The van der Waals surface area contributed by atoms with Gasteiger partial charge in [-0.05, 0) is 48.9 Å². The first-order valence-electron chi connectivity index (χ1n) is 9.62. The summed E-state index contributed by atoms with van der Waals surface area (Å²) in [6, 6.07) is 17.4. The van der Waals surface area contributed by atoms with Crippen molar-refractivity contribution in [1.82, 2.24) is 4.98 Å². The van der Waals surface area contributed by atoms with E-state index in [4.69, 9.17) is 23.4 Å². The van der Waals surface area contributed by atoms with Gasteiger partial charge >= 0.3 is 0 Å². The summed E-state index contributed by atoms with van der Waals surface area (Å²) < 4.78 is 28.3. The monoisotopic (exact) mass is 405 g/mol. The Labute approximate surface area is 175 Å². The summed E-state index contributed by atoms with van der Waals surface area (Å²) in [7, 11) is 4.79. The largest absolute Gasteiger partial charge is 0.493 e. The molecule has 30 heavy (non-hydrogen) atoms. The Hall–Kier alpha value is -3.67. The van der Waals surface area contributed by atoms with E-state index in [0.717, 1.165) is 28.0 Å². The van der Waals surface area contributed by atoms with Crippen LogP contribution in [0, 0.1) is 0 Å². The second-order valence-electron chi connectivity index (χ2n) is 6.51. The molecule has 0 unspecified atom stereocenters. The molecule has 3 aromatic carbocycles. The van der Waals surface area contributed by atoms with E-state index < -0.39 is 0 Å². The molecule has 0 aliphatic rings. The summed E-state index contributed by atoms with van der Waals surface area (Å²) in [5, 5.41) is 0. The Bertz CT molecular complexity index is 1180. The maximum absolute atomic E-state index is 6.09. The van der Waals surface area contributed by atoms with E-state index in [-0.39, 0.29) is 0 Å². The highest BCUT2D eigenvalue weighted by molar-refractivity contribution is 5.85. The molecule has 0 saturated carbocycles. The summed E-state index contributed by atoms with van der Waals surface area (Å²) in [5.74, 6) is 3.01. The van der Waals surface area contributed by atoms with Crippen LogP contribution < -0.4 is 18.9 Å². The number of hydrogen-bond donors (Lipinski definition) is 0. The Morgan fingerprint density at radius 1 is 0.800 bits per heavy atom. The summed E-state index contributed by atoms with van der Waals surface area (Å²) in [6.07, 6.45) is 0. The van der Waals surface area contributed by atoms with Crippen molar-refractivity contribution in [2.75, 3.05) is 27.9 Å². The molecule has 6 nitrogen and oxygen atoms in total. The second-order valence-corrected chi connectivity index (χ2v) is 6.51. The van der Waals surface area contributed by atoms with Crippen molar-refractivity contribution < 1.29 is 23.4 Å². The minimum atomic E-state index is 0.519. The van der Waals surface area contributed by atoms with Crippen molar-refractivity contribution in [2.24, 2.45) is 0 Å². The lowest BCUT2D eigenvalue weighted by Crippen LogP contribution is -1.96. The Balaban J connectivity index is 1.81. The molecule has 0 aliphatic carbocycles. The van der Waals surface area contributed by atoms with E-state index in [2.05, 4.69) is 4.98 Å². The van der Waals surface area contributed by atoms with E-state index in [0.29, 0.717) is 35.3 Å². The molecule has 6 heteroatoms. The maximum Gasteiger partial charge on any atom is 0.231 e. The number of aromatic nitrogens is 1. The number of para-hydroxylation sites is 1. The van der Waals surface area contributed by atoms with Crippen molar-refractivity contribution in [3.8, 4) is 45.6 Å². The predicted octanol–water partition coefficient (Wildman–Crippen LogP) is 5.59. The lowest BCUT2D eigenvalue weighted by molar-refractivity contribution is 0.325. The average molecular weight is 405 g/mol. The van der Waals surface area contributed by atoms with Crippen LogP contribution in [0.4, 0.5) is 0 Å². The van der Waals surface area contributed by atoms with Gasteiger partial charge < -0.3 is 23.4 Å². The quantitative estimate of drug-likeness (QED) is 0.400. The minimum Gasteiger partial charge on any atom is -0.493 e. The zero-order valence-electron chi connectivity index (χ0n) is 17.4. The first-order chi connectivity index (χ1) is 14.7. The Kier molecular flexibility index (Phi) is 5.48. The summed E-state index contributed by atoms with van der Waals surface area (Å²) in [4.78, 5) is 4.64. The van der Waals surface area contributed by atoms with Gasteiger partial charge in [-0.3, -0.25) is 0 Å². The van der Waals surface area contributed by atoms with Gasteiger partial charge in [0.15, 0.2) is 17.1 Å². The number of rotatable bonds is 7. The zero-order valence-corrected chi connectivity index (χ0v) is 17.4. The highest BCUT2D eigenvalue weighted by Crippen LogP contribution is 2.45. The third kappa shape index (κ3) is 3.41. The molecule has 0 bridgehead atoms. The molecule has 4 aromatic rings. The number of methoxy groups -OCH3 is 3. The summed E-state index contributed by atoms with van der Waals surface area (Å²) >= 11 is 0. The highest BCUT2D eigenvalue weighted by atomic mass is 16.5. The van der Waals surface area contributed by atoms with E-state index >= 15 is 0 Å². The molecule has 1 aromatic heterocycles. The molecule has 154 valence electrons. The van der Waals surface area contributed by atoms with Crippen LogP contribution in [-0.2, 0) is 0 Å². The molecule has 0 N–H and O–H groups in total. The standard InChI is InChI=1S/C24H23NO5/c1-5-29-19-9-7-6-8-17(19)24-25-18-12-10-15(14-21(18)30-24)16-11-13-20(26-2)23(28-4)22(16)27-3/h6-14H,5H2,1-4H3. The lowest BCUT2D eigenvalue weighted by atomic mass is 10.0. The van der Waals surface area contributed by atoms with Gasteiger partial charge in [0.1, 0.15) is 11.3 Å². The molecule has 4 rings (SSSR count). The third-order valence-electron chi connectivity index (χ3n) is 4.82. The predicted molar refractivity (Wildman–Crippen MR) is 116 cm³/mol. The molecular formula is C24H23NO5. The van der Waals surface area contributed by atoms with Crippen LogP contribution in [0.2, 0.25) is 0 Å². The van der Waals surface area contributed by atoms with Crippen LogP contribution in [0.1, 0.15) is 6.92 Å². The van der Waals surface area contributed by atoms with Gasteiger partial charge in [0.25, 0.3) is 0 Å². The van der Waals surface area contributed by atoms with Crippen LogP contribution in [0.25, 0.3) is 33.7 Å². The number of benzene rings is 3. The van der Waals surface area contributed by atoms with Crippen molar-refractivity contribution >= 4 is 11.1 Å². The Morgan fingerprint density at radius 3 is 2.33 bits per heavy atom. The van der Waals surface area contributed by atoms with Crippen LogP contribution in [0.5, 0.6) is 23.0 Å². The summed E-state index contributed by atoms with van der Waals surface area (Å²) in [6.45, 7) is 2.52. The van der Waals surface area contributed by atoms with Gasteiger partial charge in [0.05, 0.1) is 33.5 Å². The minimum absolute atomic E-state index is 0.519. The number of oxazole rings is 1. The molecule has 1 heterocycles. The van der Waals surface area contributed by atoms with Crippen molar-refractivity contribution in [3.05, 3.63) is 54.6 Å². The van der Waals surface area contributed by atoms with E-state index in [1.807, 2.05) is 61.5 Å². The van der Waals surface area contributed by atoms with E-state index in [1.54, 1.807) is 21.3 Å². The van der Waals surface area contributed by atoms with Crippen LogP contribution in [-0.4, -0.2) is 32.9 Å². The van der Waals surface area contributed by atoms with Crippen molar-refractivity contribution in [1.29, 1.82) is 0 Å². The molecule has 0 amide bonds. The van der Waals surface area contributed by atoms with Crippen molar-refractivity contribution in [2.45, 2.75) is 6.92 Å². The van der Waals surface area contributed by atoms with E-state index in [1.165, 1.54) is 0 Å². The molecule has 0 radical (unpaired) electrons. The third-order valence-corrected chi connectivity index (χ3v) is 4.82. The van der Waals surface area contributed by atoms with Gasteiger partial charge in [-0.25, -0.2) is 4.98 Å². The molecule has 0 aliphatic heterocycles. The van der Waals surface area contributed by atoms with Gasteiger partial charge in [-0.2, -0.15) is 0 Å².